The summed E-state index contributed by atoms with van der Waals surface area (Å²) >= 11 is 0. The Balaban J connectivity index is 1.56. The summed E-state index contributed by atoms with van der Waals surface area (Å²) < 4.78 is 5.60. The summed E-state index contributed by atoms with van der Waals surface area (Å²) in [6.07, 6.45) is 3.12. The van der Waals surface area contributed by atoms with Crippen molar-refractivity contribution in [3.63, 3.8) is 0 Å². The van der Waals surface area contributed by atoms with Gasteiger partial charge in [-0.05, 0) is 53.9 Å². The molecule has 2 amide bonds. The van der Waals surface area contributed by atoms with Crippen LogP contribution in [0, 0.1) is 0 Å². The van der Waals surface area contributed by atoms with Crippen LogP contribution in [0.15, 0.2) is 73.1 Å². The molecule has 1 aromatic heterocycles. The number of carbonyl (C=O) groups is 2. The molecule has 148 valence electrons. The number of carbonyl (C=O) groups excluding carboxylic acids is 2. The van der Waals surface area contributed by atoms with Crippen LogP contribution in [-0.2, 0) is 4.79 Å². The first-order valence-corrected chi connectivity index (χ1v) is 9.35. The van der Waals surface area contributed by atoms with E-state index in [-0.39, 0.29) is 18.4 Å². The molecule has 0 saturated carbocycles. The van der Waals surface area contributed by atoms with Gasteiger partial charge in [-0.1, -0.05) is 32.0 Å². The maximum Gasteiger partial charge on any atom is 0.262 e. The van der Waals surface area contributed by atoms with Gasteiger partial charge >= 0.3 is 0 Å². The smallest absolute Gasteiger partial charge is 0.262 e. The second-order valence-electron chi connectivity index (χ2n) is 6.83. The molecular formula is C23H23N3O3. The van der Waals surface area contributed by atoms with Crippen LogP contribution in [0.5, 0.6) is 5.75 Å². The van der Waals surface area contributed by atoms with Crippen molar-refractivity contribution in [3.8, 4) is 5.75 Å². The Bertz CT molecular complexity index is 987. The lowest BCUT2D eigenvalue weighted by molar-refractivity contribution is -0.118. The van der Waals surface area contributed by atoms with Crippen LogP contribution in [-0.4, -0.2) is 23.4 Å². The van der Waals surface area contributed by atoms with Gasteiger partial charge in [0.1, 0.15) is 5.75 Å². The van der Waals surface area contributed by atoms with Gasteiger partial charge in [0.25, 0.3) is 11.8 Å². The summed E-state index contributed by atoms with van der Waals surface area (Å²) in [7, 11) is 0. The number of aromatic nitrogens is 1. The minimum atomic E-state index is -0.280. The fourth-order valence-electron chi connectivity index (χ4n) is 2.69. The molecule has 0 radical (unpaired) electrons. The molecule has 3 rings (SSSR count). The van der Waals surface area contributed by atoms with Crippen LogP contribution < -0.4 is 15.4 Å². The first kappa shape index (κ1) is 20.1. The van der Waals surface area contributed by atoms with E-state index in [2.05, 4.69) is 29.5 Å². The van der Waals surface area contributed by atoms with Gasteiger partial charge in [-0.3, -0.25) is 14.6 Å². The summed E-state index contributed by atoms with van der Waals surface area (Å²) in [5.41, 5.74) is 2.81. The lowest BCUT2D eigenvalue weighted by Crippen LogP contribution is -2.20. The number of hydrogen-bond donors (Lipinski definition) is 2. The number of benzene rings is 2. The van der Waals surface area contributed by atoms with Gasteiger partial charge in [0.05, 0.1) is 0 Å². The lowest BCUT2D eigenvalue weighted by atomic mass is 10.0. The number of anilines is 2. The molecular weight excluding hydrogens is 366 g/mol. The van der Waals surface area contributed by atoms with Gasteiger partial charge < -0.3 is 15.4 Å². The third-order valence-corrected chi connectivity index (χ3v) is 4.24. The second kappa shape index (κ2) is 9.50. The zero-order valence-electron chi connectivity index (χ0n) is 16.4. The molecule has 0 atom stereocenters. The van der Waals surface area contributed by atoms with Gasteiger partial charge in [0, 0.05) is 29.3 Å². The fraction of sp³-hybridized carbons (Fsp3) is 0.174. The van der Waals surface area contributed by atoms with Crippen molar-refractivity contribution < 1.29 is 14.3 Å². The van der Waals surface area contributed by atoms with Crippen LogP contribution in [0.4, 0.5) is 11.4 Å². The van der Waals surface area contributed by atoms with Gasteiger partial charge in [0.15, 0.2) is 6.61 Å². The molecule has 0 bridgehead atoms. The molecule has 6 nitrogen and oxygen atoms in total. The molecule has 0 fully saturated rings. The Kier molecular flexibility index (Phi) is 6.58. The van der Waals surface area contributed by atoms with Crippen molar-refractivity contribution in [1.82, 2.24) is 4.98 Å². The average molecular weight is 389 g/mol. The van der Waals surface area contributed by atoms with Crippen molar-refractivity contribution >= 4 is 23.2 Å². The van der Waals surface area contributed by atoms with E-state index < -0.39 is 0 Å². The molecule has 2 N–H and O–H groups in total. The summed E-state index contributed by atoms with van der Waals surface area (Å²) in [4.78, 5) is 28.4. The van der Waals surface area contributed by atoms with Crippen LogP contribution in [0.3, 0.4) is 0 Å². The predicted molar refractivity (Wildman–Crippen MR) is 113 cm³/mol. The van der Waals surface area contributed by atoms with Crippen LogP contribution in [0.2, 0.25) is 0 Å². The summed E-state index contributed by atoms with van der Waals surface area (Å²) in [6, 6.07) is 17.9. The van der Waals surface area contributed by atoms with Gasteiger partial charge in [-0.25, -0.2) is 0 Å². The molecule has 2 aromatic carbocycles. The molecule has 3 aromatic rings. The maximum absolute atomic E-state index is 12.2. The molecule has 0 aliphatic heterocycles. The van der Waals surface area contributed by atoms with E-state index in [0.717, 1.165) is 5.56 Å². The van der Waals surface area contributed by atoms with Crippen molar-refractivity contribution in [2.45, 2.75) is 19.8 Å². The Hall–Kier alpha value is -3.67. The average Bonchev–Trinajstić information content (AvgIpc) is 2.73. The van der Waals surface area contributed by atoms with Gasteiger partial charge in [0.2, 0.25) is 0 Å². The highest BCUT2D eigenvalue weighted by atomic mass is 16.5. The molecule has 29 heavy (non-hydrogen) atoms. The highest BCUT2D eigenvalue weighted by molar-refractivity contribution is 6.04. The van der Waals surface area contributed by atoms with Crippen molar-refractivity contribution in [1.29, 1.82) is 0 Å². The number of pyridine rings is 1. The van der Waals surface area contributed by atoms with Crippen molar-refractivity contribution in [3.05, 3.63) is 84.2 Å². The Morgan fingerprint density at radius 3 is 2.34 bits per heavy atom. The normalized spacial score (nSPS) is 10.4. The van der Waals surface area contributed by atoms with E-state index in [0.29, 0.717) is 28.6 Å². The molecule has 0 aliphatic carbocycles. The largest absolute Gasteiger partial charge is 0.484 e. The zero-order chi connectivity index (χ0) is 20.6. The summed E-state index contributed by atoms with van der Waals surface area (Å²) in [5, 5.41) is 5.57. The Labute approximate surface area is 169 Å². The van der Waals surface area contributed by atoms with E-state index in [4.69, 9.17) is 4.74 Å². The topological polar surface area (TPSA) is 80.3 Å². The third-order valence-electron chi connectivity index (χ3n) is 4.24. The molecule has 0 saturated heterocycles. The van der Waals surface area contributed by atoms with E-state index in [1.165, 1.54) is 0 Å². The summed E-state index contributed by atoms with van der Waals surface area (Å²) in [6.45, 7) is 4.10. The molecule has 0 spiro atoms. The third kappa shape index (κ3) is 5.90. The summed E-state index contributed by atoms with van der Waals surface area (Å²) in [5.74, 6) is 0.518. The predicted octanol–water partition coefficient (Wildman–Crippen LogP) is 4.47. The Morgan fingerprint density at radius 2 is 1.62 bits per heavy atom. The quantitative estimate of drug-likeness (QED) is 0.625. The van der Waals surface area contributed by atoms with Crippen molar-refractivity contribution in [2.24, 2.45) is 0 Å². The molecule has 1 heterocycles. The maximum atomic E-state index is 12.2. The molecule has 0 aliphatic rings. The number of hydrogen-bond acceptors (Lipinski definition) is 4. The van der Waals surface area contributed by atoms with E-state index in [9.17, 15) is 9.59 Å². The number of amides is 2. The zero-order valence-corrected chi connectivity index (χ0v) is 16.4. The first-order chi connectivity index (χ1) is 14.0. The monoisotopic (exact) mass is 389 g/mol. The lowest BCUT2D eigenvalue weighted by Gasteiger charge is -2.11. The minimum Gasteiger partial charge on any atom is -0.484 e. The highest BCUT2D eigenvalue weighted by Crippen LogP contribution is 2.20. The minimum absolute atomic E-state index is 0.102. The van der Waals surface area contributed by atoms with Crippen LogP contribution >= 0.6 is 0 Å². The SMILES string of the molecule is CC(C)c1cccc(OCC(=O)Nc2cccc(NC(=O)c3ccncc3)c2)c1. The number of rotatable bonds is 7. The van der Waals surface area contributed by atoms with Crippen LogP contribution in [0.1, 0.15) is 35.7 Å². The highest BCUT2D eigenvalue weighted by Gasteiger charge is 2.08. The molecule has 6 heteroatoms. The van der Waals surface area contributed by atoms with E-state index >= 15 is 0 Å². The van der Waals surface area contributed by atoms with Gasteiger partial charge in [-0.15, -0.1) is 0 Å². The molecule has 0 unspecified atom stereocenters. The van der Waals surface area contributed by atoms with E-state index in [1.54, 1.807) is 48.8 Å². The number of nitrogens with zero attached hydrogens (tertiary/aromatic N) is 1. The number of nitrogens with one attached hydrogen (secondary N) is 2. The number of ether oxygens (including phenoxy) is 1. The standard InChI is InChI=1S/C23H23N3O3/c1-16(2)18-5-3-8-21(13-18)29-15-22(27)25-19-6-4-7-20(14-19)26-23(28)17-9-11-24-12-10-17/h3-14,16H,15H2,1-2H3,(H,25,27)(H,26,28). The van der Waals surface area contributed by atoms with E-state index in [1.807, 2.05) is 24.3 Å². The van der Waals surface area contributed by atoms with Crippen LogP contribution in [0.25, 0.3) is 0 Å². The van der Waals surface area contributed by atoms with Crippen molar-refractivity contribution in [2.75, 3.05) is 17.2 Å². The first-order valence-electron chi connectivity index (χ1n) is 9.35. The Morgan fingerprint density at radius 1 is 0.931 bits per heavy atom. The fourth-order valence-corrected chi connectivity index (χ4v) is 2.69. The van der Waals surface area contributed by atoms with Gasteiger partial charge in [-0.2, -0.15) is 0 Å². The second-order valence-corrected chi connectivity index (χ2v) is 6.83.